The number of nitrogens with one attached hydrogen (secondary N) is 2. The van der Waals surface area contributed by atoms with Crippen LogP contribution in [-0.2, 0) is 11.3 Å². The summed E-state index contributed by atoms with van der Waals surface area (Å²) >= 11 is 3.33. The van der Waals surface area contributed by atoms with E-state index in [2.05, 4.69) is 36.5 Å². The number of aryl methyl sites for hydroxylation is 2. The maximum Gasteiger partial charge on any atom is 0.266 e. The fourth-order valence-electron chi connectivity index (χ4n) is 3.06. The van der Waals surface area contributed by atoms with Gasteiger partial charge in [0.2, 0.25) is 5.95 Å². The van der Waals surface area contributed by atoms with Gasteiger partial charge in [0.25, 0.3) is 5.56 Å². The van der Waals surface area contributed by atoms with Crippen molar-refractivity contribution in [1.29, 1.82) is 0 Å². The van der Waals surface area contributed by atoms with E-state index in [0.717, 1.165) is 50.2 Å². The lowest BCUT2D eigenvalue weighted by Gasteiger charge is -2.23. The van der Waals surface area contributed by atoms with E-state index in [9.17, 15) is 4.79 Å². The summed E-state index contributed by atoms with van der Waals surface area (Å²) in [6.45, 7) is 7.87. The van der Waals surface area contributed by atoms with E-state index in [1.165, 1.54) is 0 Å². The van der Waals surface area contributed by atoms with Crippen molar-refractivity contribution >= 4 is 32.9 Å². The van der Waals surface area contributed by atoms with Crippen LogP contribution in [0.25, 0.3) is 11.0 Å². The molecule has 1 atom stereocenters. The van der Waals surface area contributed by atoms with Crippen LogP contribution < -0.4 is 16.2 Å². The molecule has 7 nitrogen and oxygen atoms in total. The molecular formula is C17H24BrN5O2. The summed E-state index contributed by atoms with van der Waals surface area (Å²) < 4.78 is 7.90. The summed E-state index contributed by atoms with van der Waals surface area (Å²) in [6.07, 6.45) is 2.27. The highest BCUT2D eigenvalue weighted by Crippen LogP contribution is 2.19. The Kier molecular flexibility index (Phi) is 6.03. The molecular weight excluding hydrogens is 386 g/mol. The highest BCUT2D eigenvalue weighted by molar-refractivity contribution is 9.10. The van der Waals surface area contributed by atoms with E-state index in [1.807, 2.05) is 13.8 Å². The molecule has 1 aliphatic rings. The monoisotopic (exact) mass is 409 g/mol. The van der Waals surface area contributed by atoms with Gasteiger partial charge in [-0.25, -0.2) is 4.98 Å². The lowest BCUT2D eigenvalue weighted by Crippen LogP contribution is -2.38. The number of anilines is 1. The van der Waals surface area contributed by atoms with Crippen LogP contribution in [0.4, 0.5) is 5.95 Å². The molecule has 2 aromatic heterocycles. The first-order valence-electron chi connectivity index (χ1n) is 8.74. The number of fused-ring (bicyclic) bond motifs is 1. The first-order chi connectivity index (χ1) is 12.1. The highest BCUT2D eigenvalue weighted by Gasteiger charge is 2.14. The van der Waals surface area contributed by atoms with Crippen LogP contribution in [0.5, 0.6) is 0 Å². The van der Waals surface area contributed by atoms with Crippen molar-refractivity contribution in [2.75, 3.05) is 31.6 Å². The number of halogens is 1. The molecule has 2 N–H and O–H groups in total. The summed E-state index contributed by atoms with van der Waals surface area (Å²) in [5, 5.41) is 7.50. The fraction of sp³-hybridized carbons (Fsp3) is 0.588. The van der Waals surface area contributed by atoms with Crippen LogP contribution >= 0.6 is 15.9 Å². The molecule has 0 radical (unpaired) electrons. The van der Waals surface area contributed by atoms with Gasteiger partial charge >= 0.3 is 0 Å². The Hall–Kier alpha value is -1.51. The van der Waals surface area contributed by atoms with E-state index in [-0.39, 0.29) is 11.7 Å². The minimum Gasteiger partial charge on any atom is -0.376 e. The Morgan fingerprint density at radius 2 is 2.32 bits per heavy atom. The van der Waals surface area contributed by atoms with Crippen molar-refractivity contribution in [3.63, 3.8) is 0 Å². The normalized spacial score (nSPS) is 17.8. The van der Waals surface area contributed by atoms with Crippen molar-refractivity contribution in [2.45, 2.75) is 39.3 Å². The van der Waals surface area contributed by atoms with Crippen LogP contribution in [0.3, 0.4) is 0 Å². The van der Waals surface area contributed by atoms with Gasteiger partial charge in [-0.1, -0.05) is 0 Å². The fourth-order valence-corrected chi connectivity index (χ4v) is 3.51. The van der Waals surface area contributed by atoms with Gasteiger partial charge in [0.05, 0.1) is 22.9 Å². The zero-order valence-electron chi connectivity index (χ0n) is 14.6. The van der Waals surface area contributed by atoms with Gasteiger partial charge in [0, 0.05) is 31.6 Å². The van der Waals surface area contributed by atoms with Crippen molar-refractivity contribution in [3.8, 4) is 0 Å². The second kappa shape index (κ2) is 8.25. The minimum absolute atomic E-state index is 0.0685. The van der Waals surface area contributed by atoms with E-state index in [4.69, 9.17) is 4.74 Å². The third-order valence-corrected chi connectivity index (χ3v) is 4.97. The summed E-state index contributed by atoms with van der Waals surface area (Å²) in [5.41, 5.74) is 1.46. The van der Waals surface area contributed by atoms with E-state index >= 15 is 0 Å². The molecule has 1 unspecified atom stereocenters. The Bertz CT molecular complexity index is 802. The van der Waals surface area contributed by atoms with Crippen molar-refractivity contribution < 1.29 is 4.74 Å². The topological polar surface area (TPSA) is 81.1 Å². The van der Waals surface area contributed by atoms with E-state index in [0.29, 0.717) is 22.6 Å². The Morgan fingerprint density at radius 3 is 3.04 bits per heavy atom. The first-order valence-corrected chi connectivity index (χ1v) is 9.53. The minimum atomic E-state index is -0.0685. The number of pyridine rings is 1. The second-order valence-electron chi connectivity index (χ2n) is 6.18. The lowest BCUT2D eigenvalue weighted by molar-refractivity contribution is 0.0230. The highest BCUT2D eigenvalue weighted by atomic mass is 79.9. The zero-order chi connectivity index (χ0) is 17.8. The van der Waals surface area contributed by atoms with Crippen molar-refractivity contribution in [1.82, 2.24) is 19.9 Å². The molecule has 0 amide bonds. The van der Waals surface area contributed by atoms with Crippen LogP contribution in [-0.4, -0.2) is 46.9 Å². The predicted molar refractivity (Wildman–Crippen MR) is 102 cm³/mol. The molecule has 1 saturated heterocycles. The van der Waals surface area contributed by atoms with Gasteiger partial charge in [-0.15, -0.1) is 0 Å². The molecule has 0 aliphatic carbocycles. The molecule has 0 bridgehead atoms. The molecule has 2 aromatic rings. The molecule has 0 saturated carbocycles. The average Bonchev–Trinajstić information content (AvgIpc) is 2.62. The van der Waals surface area contributed by atoms with Crippen molar-refractivity contribution in [2.24, 2.45) is 0 Å². The predicted octanol–water partition coefficient (Wildman–Crippen LogP) is 2.06. The molecule has 3 heterocycles. The number of hydrogen-bond acceptors (Lipinski definition) is 6. The molecule has 1 fully saturated rings. The smallest absolute Gasteiger partial charge is 0.266 e. The molecule has 1 aliphatic heterocycles. The van der Waals surface area contributed by atoms with Gasteiger partial charge in [0.15, 0.2) is 0 Å². The second-order valence-corrected chi connectivity index (χ2v) is 7.03. The number of morpholine rings is 1. The molecule has 136 valence electrons. The van der Waals surface area contributed by atoms with Gasteiger partial charge < -0.3 is 15.4 Å². The first kappa shape index (κ1) is 18.3. The zero-order valence-corrected chi connectivity index (χ0v) is 16.2. The maximum absolute atomic E-state index is 12.3. The largest absolute Gasteiger partial charge is 0.376 e. The summed E-state index contributed by atoms with van der Waals surface area (Å²) in [4.78, 5) is 21.4. The Morgan fingerprint density at radius 1 is 1.48 bits per heavy atom. The SMILES string of the molecule is CCn1c(=O)c(Br)cc2c(C)nc(NCCCC3CNCCO3)nc21. The van der Waals surface area contributed by atoms with Crippen LogP contribution in [0.1, 0.15) is 25.5 Å². The summed E-state index contributed by atoms with van der Waals surface area (Å²) in [5.74, 6) is 0.566. The van der Waals surface area contributed by atoms with E-state index in [1.54, 1.807) is 10.6 Å². The average molecular weight is 410 g/mol. The molecule has 0 aromatic carbocycles. The third kappa shape index (κ3) is 4.19. The van der Waals surface area contributed by atoms with E-state index < -0.39 is 0 Å². The van der Waals surface area contributed by atoms with Crippen LogP contribution in [0.15, 0.2) is 15.3 Å². The standard InChI is InChI=1S/C17H24BrN5O2/c1-3-23-15-13(9-14(18)16(23)24)11(2)21-17(22-15)20-6-4-5-12-10-19-7-8-25-12/h9,12,19H,3-8,10H2,1-2H3,(H,20,21,22). The van der Waals surface area contributed by atoms with Crippen LogP contribution in [0.2, 0.25) is 0 Å². The number of ether oxygens (including phenoxy) is 1. The van der Waals surface area contributed by atoms with Gasteiger partial charge in [-0.3, -0.25) is 9.36 Å². The van der Waals surface area contributed by atoms with Crippen LogP contribution in [0, 0.1) is 6.92 Å². The molecule has 0 spiro atoms. The number of nitrogens with zero attached hydrogens (tertiary/aromatic N) is 3. The Balaban J connectivity index is 1.71. The summed E-state index contributed by atoms with van der Waals surface area (Å²) in [6, 6.07) is 1.80. The van der Waals surface area contributed by atoms with Gasteiger partial charge in [-0.05, 0) is 48.7 Å². The number of hydrogen-bond donors (Lipinski definition) is 2. The summed E-state index contributed by atoms with van der Waals surface area (Å²) in [7, 11) is 0. The quantitative estimate of drug-likeness (QED) is 0.710. The lowest BCUT2D eigenvalue weighted by atomic mass is 10.2. The van der Waals surface area contributed by atoms with Gasteiger partial charge in [-0.2, -0.15) is 4.98 Å². The number of rotatable bonds is 6. The maximum atomic E-state index is 12.3. The molecule has 8 heteroatoms. The third-order valence-electron chi connectivity index (χ3n) is 4.40. The molecule has 3 rings (SSSR count). The van der Waals surface area contributed by atoms with Gasteiger partial charge in [0.1, 0.15) is 5.65 Å². The molecule has 25 heavy (non-hydrogen) atoms. The number of aromatic nitrogens is 3. The Labute approximate surface area is 155 Å². The van der Waals surface area contributed by atoms with Crippen molar-refractivity contribution in [3.05, 3.63) is 26.6 Å².